The van der Waals surface area contributed by atoms with E-state index >= 15 is 0 Å². The molecule has 0 unspecified atom stereocenters. The van der Waals surface area contributed by atoms with Gasteiger partial charge in [0.15, 0.2) is 5.69 Å². The number of carbonyl (C=O) groups excluding carboxylic acids is 1. The highest BCUT2D eigenvalue weighted by Crippen LogP contribution is 2.30. The Balaban J connectivity index is 1.63. The number of methoxy groups -OCH3 is 1. The van der Waals surface area contributed by atoms with E-state index in [1.165, 1.54) is 7.11 Å². The van der Waals surface area contributed by atoms with Gasteiger partial charge in [-0.1, -0.05) is 0 Å². The fourth-order valence-electron chi connectivity index (χ4n) is 3.72. The monoisotopic (exact) mass is 419 g/mol. The Morgan fingerprint density at radius 3 is 2.94 bits per heavy atom. The molecule has 3 aromatic rings. The van der Waals surface area contributed by atoms with Crippen molar-refractivity contribution >= 4 is 23.0 Å². The summed E-state index contributed by atoms with van der Waals surface area (Å²) >= 11 is 0. The zero-order valence-electron chi connectivity index (χ0n) is 17.3. The highest BCUT2D eigenvalue weighted by atomic mass is 16.5. The molecule has 4 rings (SSSR count). The minimum absolute atomic E-state index is 0.105. The van der Waals surface area contributed by atoms with E-state index in [0.717, 1.165) is 31.6 Å². The molecule has 1 aliphatic rings. The SMILES string of the molecule is COc1ncccc1-c1ccc(N)c(C(=O)Nc2cnccc2N2CCC[C@H](N)C2)n1. The number of ether oxygens (including phenoxy) is 1. The first-order valence-electron chi connectivity index (χ1n) is 10.1. The number of nitrogens with zero attached hydrogens (tertiary/aromatic N) is 4. The van der Waals surface area contributed by atoms with Gasteiger partial charge >= 0.3 is 0 Å². The maximum absolute atomic E-state index is 13.1. The van der Waals surface area contributed by atoms with Crippen LogP contribution >= 0.6 is 0 Å². The molecule has 0 aromatic carbocycles. The van der Waals surface area contributed by atoms with E-state index in [9.17, 15) is 4.79 Å². The highest BCUT2D eigenvalue weighted by molar-refractivity contribution is 6.08. The maximum atomic E-state index is 13.1. The summed E-state index contributed by atoms with van der Waals surface area (Å²) in [6.45, 7) is 1.60. The molecule has 3 aromatic heterocycles. The van der Waals surface area contributed by atoms with E-state index in [2.05, 4.69) is 25.2 Å². The predicted octanol–water partition coefficient (Wildman–Crippen LogP) is 2.31. The molecule has 0 aliphatic carbocycles. The van der Waals surface area contributed by atoms with Crippen LogP contribution in [0.3, 0.4) is 0 Å². The van der Waals surface area contributed by atoms with Gasteiger partial charge in [0.25, 0.3) is 5.91 Å². The molecule has 1 fully saturated rings. The van der Waals surface area contributed by atoms with Crippen LogP contribution in [0.15, 0.2) is 48.9 Å². The number of anilines is 3. The Morgan fingerprint density at radius 1 is 1.26 bits per heavy atom. The number of rotatable bonds is 5. The number of nitrogens with two attached hydrogens (primary N) is 2. The topological polar surface area (TPSA) is 132 Å². The van der Waals surface area contributed by atoms with Gasteiger partial charge in [-0.05, 0) is 43.2 Å². The number of piperidine rings is 1. The van der Waals surface area contributed by atoms with Gasteiger partial charge in [-0.25, -0.2) is 9.97 Å². The van der Waals surface area contributed by atoms with Crippen molar-refractivity contribution < 1.29 is 9.53 Å². The molecular weight excluding hydrogens is 394 g/mol. The van der Waals surface area contributed by atoms with Crippen LogP contribution in [0.4, 0.5) is 17.1 Å². The second-order valence-corrected chi connectivity index (χ2v) is 7.39. The second kappa shape index (κ2) is 8.97. The van der Waals surface area contributed by atoms with Crippen LogP contribution in [0.25, 0.3) is 11.3 Å². The second-order valence-electron chi connectivity index (χ2n) is 7.39. The maximum Gasteiger partial charge on any atom is 0.276 e. The third-order valence-electron chi connectivity index (χ3n) is 5.23. The number of amides is 1. The smallest absolute Gasteiger partial charge is 0.276 e. The number of carbonyl (C=O) groups is 1. The molecule has 0 saturated carbocycles. The van der Waals surface area contributed by atoms with E-state index in [0.29, 0.717) is 22.8 Å². The quantitative estimate of drug-likeness (QED) is 0.574. The summed E-state index contributed by atoms with van der Waals surface area (Å²) in [5, 5.41) is 2.91. The van der Waals surface area contributed by atoms with Crippen molar-refractivity contribution in [2.75, 3.05) is 36.1 Å². The molecule has 0 radical (unpaired) electrons. The lowest BCUT2D eigenvalue weighted by Crippen LogP contribution is -2.43. The van der Waals surface area contributed by atoms with E-state index in [1.54, 1.807) is 36.8 Å². The summed E-state index contributed by atoms with van der Waals surface area (Å²) in [6, 6.07) is 8.97. The van der Waals surface area contributed by atoms with Gasteiger partial charge in [0.2, 0.25) is 5.88 Å². The third-order valence-corrected chi connectivity index (χ3v) is 5.23. The molecule has 5 N–H and O–H groups in total. The largest absolute Gasteiger partial charge is 0.481 e. The van der Waals surface area contributed by atoms with E-state index in [4.69, 9.17) is 16.2 Å². The summed E-state index contributed by atoms with van der Waals surface area (Å²) in [5.74, 6) is -0.000113. The lowest BCUT2D eigenvalue weighted by Gasteiger charge is -2.33. The molecule has 1 saturated heterocycles. The van der Waals surface area contributed by atoms with Crippen LogP contribution in [-0.2, 0) is 0 Å². The van der Waals surface area contributed by atoms with Crippen LogP contribution in [0.5, 0.6) is 5.88 Å². The number of hydrogen-bond donors (Lipinski definition) is 3. The standard InChI is InChI=1S/C22H25N7O2/c1-31-22-15(5-2-9-26-22)17-7-6-16(24)20(27-17)21(30)28-18-12-25-10-8-19(18)29-11-3-4-14(23)13-29/h2,5-10,12,14H,3-4,11,13,23-24H2,1H3,(H,28,30)/t14-/m0/s1. The third kappa shape index (κ3) is 4.41. The van der Waals surface area contributed by atoms with Crippen molar-refractivity contribution in [1.82, 2.24) is 15.0 Å². The molecule has 1 atom stereocenters. The lowest BCUT2D eigenvalue weighted by molar-refractivity contribution is 0.102. The number of hydrogen-bond acceptors (Lipinski definition) is 8. The van der Waals surface area contributed by atoms with Crippen LogP contribution in [0, 0.1) is 0 Å². The Morgan fingerprint density at radius 2 is 2.13 bits per heavy atom. The Bertz CT molecular complexity index is 1090. The van der Waals surface area contributed by atoms with Crippen molar-refractivity contribution in [2.45, 2.75) is 18.9 Å². The molecule has 4 heterocycles. The van der Waals surface area contributed by atoms with Crippen LogP contribution in [0.2, 0.25) is 0 Å². The average Bonchev–Trinajstić information content (AvgIpc) is 2.79. The summed E-state index contributed by atoms with van der Waals surface area (Å²) in [5.41, 5.74) is 15.3. The number of nitrogens with one attached hydrogen (secondary N) is 1. The van der Waals surface area contributed by atoms with E-state index in [1.807, 2.05) is 12.1 Å². The van der Waals surface area contributed by atoms with Gasteiger partial charge < -0.3 is 26.4 Å². The average molecular weight is 419 g/mol. The highest BCUT2D eigenvalue weighted by Gasteiger charge is 2.22. The summed E-state index contributed by atoms with van der Waals surface area (Å²) < 4.78 is 5.31. The Kier molecular flexibility index (Phi) is 5.94. The molecule has 160 valence electrons. The minimum Gasteiger partial charge on any atom is -0.481 e. The van der Waals surface area contributed by atoms with Gasteiger partial charge in [0.1, 0.15) is 0 Å². The van der Waals surface area contributed by atoms with Crippen LogP contribution < -0.4 is 26.4 Å². The van der Waals surface area contributed by atoms with Gasteiger partial charge in [-0.2, -0.15) is 0 Å². The Hall–Kier alpha value is -3.72. The molecular formula is C22H25N7O2. The predicted molar refractivity (Wildman–Crippen MR) is 120 cm³/mol. The van der Waals surface area contributed by atoms with Gasteiger partial charge in [-0.3, -0.25) is 9.78 Å². The van der Waals surface area contributed by atoms with Crippen LogP contribution in [-0.4, -0.2) is 47.1 Å². The number of pyridine rings is 3. The molecule has 9 heteroatoms. The van der Waals surface area contributed by atoms with E-state index < -0.39 is 5.91 Å². The van der Waals surface area contributed by atoms with Crippen molar-refractivity contribution in [3.8, 4) is 17.1 Å². The zero-order valence-corrected chi connectivity index (χ0v) is 17.3. The Labute approximate surface area is 180 Å². The molecule has 1 aliphatic heterocycles. The van der Waals surface area contributed by atoms with Crippen LogP contribution in [0.1, 0.15) is 23.3 Å². The van der Waals surface area contributed by atoms with Gasteiger partial charge in [0.05, 0.1) is 41.6 Å². The fraction of sp³-hybridized carbons (Fsp3) is 0.273. The number of nitrogen functional groups attached to an aromatic ring is 1. The molecule has 31 heavy (non-hydrogen) atoms. The summed E-state index contributed by atoms with van der Waals surface area (Å²) in [6.07, 6.45) is 6.95. The lowest BCUT2D eigenvalue weighted by atomic mass is 10.1. The molecule has 0 spiro atoms. The van der Waals surface area contributed by atoms with Crippen molar-refractivity contribution in [2.24, 2.45) is 5.73 Å². The first-order valence-corrected chi connectivity index (χ1v) is 10.1. The summed E-state index contributed by atoms with van der Waals surface area (Å²) in [7, 11) is 1.53. The minimum atomic E-state index is -0.419. The molecule has 0 bridgehead atoms. The van der Waals surface area contributed by atoms with Gasteiger partial charge in [-0.15, -0.1) is 0 Å². The van der Waals surface area contributed by atoms with Gasteiger partial charge in [0, 0.05) is 31.5 Å². The summed E-state index contributed by atoms with van der Waals surface area (Å²) in [4.78, 5) is 28.1. The van der Waals surface area contributed by atoms with Crippen molar-refractivity contribution in [3.63, 3.8) is 0 Å². The molecule has 9 nitrogen and oxygen atoms in total. The van der Waals surface area contributed by atoms with E-state index in [-0.39, 0.29) is 17.4 Å². The first kappa shape index (κ1) is 20.5. The molecule has 1 amide bonds. The zero-order chi connectivity index (χ0) is 21.8. The fourth-order valence-corrected chi connectivity index (χ4v) is 3.72. The normalized spacial score (nSPS) is 16.1. The number of aromatic nitrogens is 3. The first-order chi connectivity index (χ1) is 15.1. The van der Waals surface area contributed by atoms with Crippen molar-refractivity contribution in [1.29, 1.82) is 0 Å². The van der Waals surface area contributed by atoms with Crippen molar-refractivity contribution in [3.05, 3.63) is 54.6 Å².